The molecule has 0 spiro atoms. The van der Waals surface area contributed by atoms with Crippen LogP contribution in [0.2, 0.25) is 0 Å². The molecule has 12 nitrogen and oxygen atoms in total. The second kappa shape index (κ2) is 13.5. The van der Waals surface area contributed by atoms with Gasteiger partial charge < -0.3 is 19.4 Å². The van der Waals surface area contributed by atoms with Gasteiger partial charge in [0.05, 0.1) is 30.4 Å². The van der Waals surface area contributed by atoms with Crippen LogP contribution in [0.3, 0.4) is 0 Å². The SMILES string of the molecule is CCCCCN(C(=O)c1nc2ccccc2o1)C(=O)C(CS(=O)(=O)Cc1ccccn1)NC(=O)N1CCOCC1. The van der Waals surface area contributed by atoms with Crippen LogP contribution in [0, 0.1) is 0 Å². The monoisotopic (exact) mass is 571 g/mol. The molecule has 1 aliphatic heterocycles. The van der Waals surface area contributed by atoms with E-state index in [0.717, 1.165) is 17.7 Å². The molecule has 1 atom stereocenters. The summed E-state index contributed by atoms with van der Waals surface area (Å²) in [5, 5.41) is 2.57. The maximum Gasteiger partial charge on any atom is 0.318 e. The van der Waals surface area contributed by atoms with Crippen LogP contribution in [0.5, 0.6) is 0 Å². The summed E-state index contributed by atoms with van der Waals surface area (Å²) in [4.78, 5) is 51.2. The standard InChI is InChI=1S/C27H33N5O7S/c1-2-3-8-13-32(26(34)24-29-21-10-4-5-11-23(21)39-24)25(33)22(30-27(35)31-14-16-38-17-15-31)19-40(36,37)18-20-9-6-7-12-28-20/h4-7,9-12,22H,2-3,8,13-19H2,1H3,(H,30,35). The Morgan fingerprint density at radius 3 is 2.52 bits per heavy atom. The molecule has 0 radical (unpaired) electrons. The van der Waals surface area contributed by atoms with Crippen LogP contribution in [-0.4, -0.2) is 90.7 Å². The minimum absolute atomic E-state index is 0.00838. The third-order valence-electron chi connectivity index (χ3n) is 6.38. The normalized spacial score (nSPS) is 14.6. The Bertz CT molecular complexity index is 1390. The van der Waals surface area contributed by atoms with E-state index in [1.807, 2.05) is 6.92 Å². The van der Waals surface area contributed by atoms with Gasteiger partial charge in [-0.05, 0) is 30.7 Å². The van der Waals surface area contributed by atoms with E-state index in [2.05, 4.69) is 15.3 Å². The average Bonchev–Trinajstić information content (AvgIpc) is 3.39. The molecule has 1 N–H and O–H groups in total. The van der Waals surface area contributed by atoms with Crippen molar-refractivity contribution in [2.75, 3.05) is 38.6 Å². The predicted molar refractivity (Wildman–Crippen MR) is 146 cm³/mol. The van der Waals surface area contributed by atoms with Crippen LogP contribution in [0.4, 0.5) is 4.79 Å². The molecule has 0 saturated carbocycles. The fourth-order valence-electron chi connectivity index (χ4n) is 4.30. The number of urea groups is 1. The van der Waals surface area contributed by atoms with Gasteiger partial charge in [0.2, 0.25) is 0 Å². The number of unbranched alkanes of at least 4 members (excludes halogenated alkanes) is 2. The number of hydrogen-bond acceptors (Lipinski definition) is 9. The number of nitrogens with one attached hydrogen (secondary N) is 1. The highest BCUT2D eigenvalue weighted by Gasteiger charge is 2.36. The van der Waals surface area contributed by atoms with Crippen LogP contribution in [0.15, 0.2) is 53.1 Å². The van der Waals surface area contributed by atoms with Gasteiger partial charge >= 0.3 is 11.9 Å². The Kier molecular flexibility index (Phi) is 9.83. The number of aromatic nitrogens is 2. The molecule has 4 rings (SSSR count). The summed E-state index contributed by atoms with van der Waals surface area (Å²) in [6.07, 6.45) is 3.52. The van der Waals surface area contributed by atoms with E-state index < -0.39 is 45.2 Å². The van der Waals surface area contributed by atoms with Crippen molar-refractivity contribution in [2.45, 2.75) is 38.0 Å². The highest BCUT2D eigenvalue weighted by atomic mass is 32.2. The summed E-state index contributed by atoms with van der Waals surface area (Å²) in [7, 11) is -3.94. The number of carbonyl (C=O) groups excluding carboxylic acids is 3. The first kappa shape index (κ1) is 29.2. The number of nitrogens with zero attached hydrogens (tertiary/aromatic N) is 4. The fourth-order valence-corrected chi connectivity index (χ4v) is 5.78. The molecule has 0 bridgehead atoms. The van der Waals surface area contributed by atoms with E-state index in [9.17, 15) is 22.8 Å². The number of amides is 4. The predicted octanol–water partition coefficient (Wildman–Crippen LogP) is 2.41. The lowest BCUT2D eigenvalue weighted by atomic mass is 10.2. The molecular formula is C27H33N5O7S. The molecule has 40 heavy (non-hydrogen) atoms. The number of carbonyl (C=O) groups is 3. The number of para-hydroxylation sites is 2. The summed E-state index contributed by atoms with van der Waals surface area (Å²) in [6.45, 7) is 3.20. The number of imide groups is 1. The maximum absolute atomic E-state index is 13.9. The number of ether oxygens (including phenoxy) is 1. The van der Waals surface area contributed by atoms with Crippen molar-refractivity contribution in [2.24, 2.45) is 0 Å². The van der Waals surface area contributed by atoms with E-state index in [4.69, 9.17) is 9.15 Å². The number of fused-ring (bicyclic) bond motifs is 1. The van der Waals surface area contributed by atoms with Crippen LogP contribution < -0.4 is 5.32 Å². The van der Waals surface area contributed by atoms with Crippen molar-refractivity contribution in [1.82, 2.24) is 25.1 Å². The van der Waals surface area contributed by atoms with Crippen LogP contribution >= 0.6 is 0 Å². The first-order valence-corrected chi connectivity index (χ1v) is 15.0. The van der Waals surface area contributed by atoms with Gasteiger partial charge in [0.1, 0.15) is 11.6 Å². The number of oxazole rings is 1. The topological polar surface area (TPSA) is 152 Å². The Labute approximate surface area is 232 Å². The molecule has 1 unspecified atom stereocenters. The quantitative estimate of drug-likeness (QED) is 0.342. The summed E-state index contributed by atoms with van der Waals surface area (Å²) in [5.41, 5.74) is 1.12. The lowest BCUT2D eigenvalue weighted by molar-refractivity contribution is -0.130. The molecular weight excluding hydrogens is 538 g/mol. The Morgan fingerprint density at radius 2 is 1.82 bits per heavy atom. The summed E-state index contributed by atoms with van der Waals surface area (Å²) < 4.78 is 37.3. The number of pyridine rings is 1. The van der Waals surface area contributed by atoms with Crippen molar-refractivity contribution in [3.05, 3.63) is 60.2 Å². The van der Waals surface area contributed by atoms with E-state index in [1.165, 1.54) is 11.1 Å². The molecule has 3 heterocycles. The third kappa shape index (κ3) is 7.63. The lowest BCUT2D eigenvalue weighted by Crippen LogP contribution is -2.57. The lowest BCUT2D eigenvalue weighted by Gasteiger charge is -2.30. The highest BCUT2D eigenvalue weighted by Crippen LogP contribution is 2.18. The molecule has 3 aromatic rings. The maximum atomic E-state index is 13.9. The van der Waals surface area contributed by atoms with Crippen LogP contribution in [0.1, 0.15) is 42.6 Å². The Morgan fingerprint density at radius 1 is 1.07 bits per heavy atom. The summed E-state index contributed by atoms with van der Waals surface area (Å²) in [5.74, 6) is -3.09. The molecule has 1 aromatic carbocycles. The second-order valence-electron chi connectivity index (χ2n) is 9.47. The van der Waals surface area contributed by atoms with Gasteiger partial charge in [-0.1, -0.05) is 38.0 Å². The molecule has 1 fully saturated rings. The van der Waals surface area contributed by atoms with Crippen molar-refractivity contribution in [3.8, 4) is 0 Å². The average molecular weight is 572 g/mol. The zero-order valence-electron chi connectivity index (χ0n) is 22.3. The number of sulfone groups is 1. The van der Waals surface area contributed by atoms with Gasteiger partial charge in [0.15, 0.2) is 15.4 Å². The summed E-state index contributed by atoms with van der Waals surface area (Å²) in [6, 6.07) is 9.55. The van der Waals surface area contributed by atoms with Gasteiger partial charge in [-0.3, -0.25) is 19.5 Å². The van der Waals surface area contributed by atoms with Gasteiger partial charge in [-0.2, -0.15) is 0 Å². The van der Waals surface area contributed by atoms with Gasteiger partial charge in [0, 0.05) is 25.8 Å². The first-order valence-electron chi connectivity index (χ1n) is 13.2. The second-order valence-corrected chi connectivity index (χ2v) is 11.6. The van der Waals surface area contributed by atoms with Gasteiger partial charge in [0.25, 0.3) is 11.8 Å². The van der Waals surface area contributed by atoms with E-state index in [0.29, 0.717) is 36.4 Å². The number of benzene rings is 1. The van der Waals surface area contributed by atoms with E-state index in [-0.39, 0.29) is 25.5 Å². The zero-order chi connectivity index (χ0) is 28.5. The van der Waals surface area contributed by atoms with Gasteiger partial charge in [-0.25, -0.2) is 18.2 Å². The number of morpholine rings is 1. The van der Waals surface area contributed by atoms with Crippen molar-refractivity contribution in [3.63, 3.8) is 0 Å². The van der Waals surface area contributed by atoms with E-state index in [1.54, 1.807) is 42.5 Å². The molecule has 13 heteroatoms. The van der Waals surface area contributed by atoms with Crippen LogP contribution in [-0.2, 0) is 25.1 Å². The first-order chi connectivity index (χ1) is 19.3. The Balaban J connectivity index is 1.62. The third-order valence-corrected chi connectivity index (χ3v) is 7.96. The van der Waals surface area contributed by atoms with Crippen LogP contribution in [0.25, 0.3) is 11.1 Å². The Hall–Kier alpha value is -3.84. The largest absolute Gasteiger partial charge is 0.432 e. The molecule has 0 aliphatic carbocycles. The molecule has 214 valence electrons. The smallest absolute Gasteiger partial charge is 0.318 e. The minimum atomic E-state index is -3.94. The zero-order valence-corrected chi connectivity index (χ0v) is 23.1. The van der Waals surface area contributed by atoms with Gasteiger partial charge in [-0.15, -0.1) is 0 Å². The molecule has 4 amide bonds. The van der Waals surface area contributed by atoms with Crippen molar-refractivity contribution in [1.29, 1.82) is 0 Å². The number of hydrogen-bond donors (Lipinski definition) is 1. The summed E-state index contributed by atoms with van der Waals surface area (Å²) >= 11 is 0. The molecule has 1 saturated heterocycles. The molecule has 1 aliphatic rings. The fraction of sp³-hybridized carbons (Fsp3) is 0.444. The number of rotatable bonds is 11. The van der Waals surface area contributed by atoms with Crippen molar-refractivity contribution >= 4 is 38.8 Å². The molecule has 2 aromatic heterocycles. The minimum Gasteiger partial charge on any atom is -0.432 e. The van der Waals surface area contributed by atoms with E-state index >= 15 is 0 Å². The highest BCUT2D eigenvalue weighted by molar-refractivity contribution is 7.90. The van der Waals surface area contributed by atoms with Crippen molar-refractivity contribution < 1.29 is 32.0 Å².